The van der Waals surface area contributed by atoms with Gasteiger partial charge in [0.2, 0.25) is 5.91 Å². The molecule has 2 rings (SSSR count). The van der Waals surface area contributed by atoms with Crippen molar-refractivity contribution in [3.05, 3.63) is 0 Å². The molecule has 2 amide bonds. The zero-order valence-corrected chi connectivity index (χ0v) is 9.32. The molecule has 0 aromatic carbocycles. The van der Waals surface area contributed by atoms with Gasteiger partial charge in [-0.1, -0.05) is 0 Å². The summed E-state index contributed by atoms with van der Waals surface area (Å²) in [6.45, 7) is 4.26. The molecule has 0 spiro atoms. The molecule has 1 atom stereocenters. The maximum atomic E-state index is 12.0. The Labute approximate surface area is 94.1 Å². The Morgan fingerprint density at radius 2 is 2.31 bits per heavy atom. The molecule has 0 unspecified atom stereocenters. The lowest BCUT2D eigenvalue weighted by atomic mass is 10.1. The van der Waals surface area contributed by atoms with Gasteiger partial charge in [-0.15, -0.1) is 0 Å². The summed E-state index contributed by atoms with van der Waals surface area (Å²) in [5.41, 5.74) is 2.82. The highest BCUT2D eigenvalue weighted by Gasteiger charge is 2.26. The zero-order valence-electron chi connectivity index (χ0n) is 9.32. The third kappa shape index (κ3) is 2.38. The first kappa shape index (κ1) is 11.1. The van der Waals surface area contributed by atoms with Gasteiger partial charge in [0.25, 0.3) is 5.91 Å². The van der Waals surface area contributed by atoms with E-state index in [1.165, 1.54) is 0 Å². The topological polar surface area (TPSA) is 73.8 Å². The van der Waals surface area contributed by atoms with E-state index in [4.69, 9.17) is 0 Å². The lowest BCUT2D eigenvalue weighted by Crippen LogP contribution is -2.53. The molecule has 1 fully saturated rings. The molecule has 2 aliphatic heterocycles. The molecule has 0 aromatic rings. The van der Waals surface area contributed by atoms with Gasteiger partial charge in [0.05, 0.1) is 0 Å². The molecule has 1 saturated heterocycles. The van der Waals surface area contributed by atoms with E-state index in [9.17, 15) is 9.59 Å². The van der Waals surface area contributed by atoms with E-state index < -0.39 is 0 Å². The second kappa shape index (κ2) is 4.61. The van der Waals surface area contributed by atoms with Gasteiger partial charge < -0.3 is 10.2 Å². The van der Waals surface area contributed by atoms with Crippen molar-refractivity contribution < 1.29 is 9.59 Å². The molecule has 0 aliphatic carbocycles. The molecule has 2 aliphatic rings. The second-order valence-corrected chi connectivity index (χ2v) is 4.20. The number of hydrogen-bond acceptors (Lipinski definition) is 4. The van der Waals surface area contributed by atoms with Crippen LogP contribution in [0.1, 0.15) is 19.8 Å². The average Bonchev–Trinajstić information content (AvgIpc) is 2.29. The number of rotatable bonds is 1. The highest BCUT2D eigenvalue weighted by atomic mass is 16.2. The Morgan fingerprint density at radius 3 is 2.94 bits per heavy atom. The van der Waals surface area contributed by atoms with Crippen LogP contribution in [0.5, 0.6) is 0 Å². The Kier molecular flexibility index (Phi) is 3.19. The third-order valence-corrected chi connectivity index (χ3v) is 2.81. The molecule has 0 radical (unpaired) electrons. The van der Waals surface area contributed by atoms with Crippen molar-refractivity contribution in [3.8, 4) is 0 Å². The predicted octanol–water partition coefficient (Wildman–Crippen LogP) is -0.927. The fraction of sp³-hybridized carbons (Fsp3) is 0.700. The van der Waals surface area contributed by atoms with E-state index in [1.54, 1.807) is 4.90 Å². The minimum atomic E-state index is -0.120. The van der Waals surface area contributed by atoms with Gasteiger partial charge in [-0.3, -0.25) is 9.59 Å². The van der Waals surface area contributed by atoms with Gasteiger partial charge in [-0.2, -0.15) is 5.10 Å². The number of nitrogens with zero attached hydrogens (tertiary/aromatic N) is 2. The largest absolute Gasteiger partial charge is 0.335 e. The van der Waals surface area contributed by atoms with Crippen molar-refractivity contribution in [2.24, 2.45) is 5.10 Å². The van der Waals surface area contributed by atoms with Gasteiger partial charge in [0, 0.05) is 38.5 Å². The van der Waals surface area contributed by atoms with Crippen LogP contribution in [-0.4, -0.2) is 48.1 Å². The quantitative estimate of drug-likeness (QED) is 0.604. The standard InChI is InChI=1S/C10H16N4O2/c1-7-6-14(5-4-11-7)10(16)8-2-3-9(15)13-12-8/h7,11H,2-6H2,1H3,(H,13,15)/t7-/m1/s1. The summed E-state index contributed by atoms with van der Waals surface area (Å²) < 4.78 is 0. The number of piperazine rings is 1. The third-order valence-electron chi connectivity index (χ3n) is 2.81. The van der Waals surface area contributed by atoms with Crippen molar-refractivity contribution in [1.29, 1.82) is 0 Å². The molecule has 6 nitrogen and oxygen atoms in total. The van der Waals surface area contributed by atoms with Gasteiger partial charge in [0.15, 0.2) is 0 Å². The van der Waals surface area contributed by atoms with Crippen molar-refractivity contribution >= 4 is 17.5 Å². The van der Waals surface area contributed by atoms with E-state index >= 15 is 0 Å². The average molecular weight is 224 g/mol. The molecule has 6 heteroatoms. The van der Waals surface area contributed by atoms with Crippen LogP contribution >= 0.6 is 0 Å². The Balaban J connectivity index is 1.99. The normalized spacial score (nSPS) is 26.1. The lowest BCUT2D eigenvalue weighted by molar-refractivity contribution is -0.125. The molecule has 0 saturated carbocycles. The van der Waals surface area contributed by atoms with Crippen LogP contribution in [0.3, 0.4) is 0 Å². The highest BCUT2D eigenvalue weighted by molar-refractivity contribution is 6.39. The Morgan fingerprint density at radius 1 is 1.50 bits per heavy atom. The van der Waals surface area contributed by atoms with Crippen LogP contribution in [0, 0.1) is 0 Å². The molecule has 88 valence electrons. The Hall–Kier alpha value is -1.43. The zero-order chi connectivity index (χ0) is 11.5. The SMILES string of the molecule is C[C@@H]1CN(C(=O)C2=NNC(=O)CC2)CCN1. The molecule has 2 N–H and O–H groups in total. The number of amides is 2. The minimum Gasteiger partial charge on any atom is -0.335 e. The van der Waals surface area contributed by atoms with Crippen molar-refractivity contribution in [3.63, 3.8) is 0 Å². The van der Waals surface area contributed by atoms with E-state index in [0.717, 1.165) is 6.54 Å². The number of carbonyl (C=O) groups is 2. The lowest BCUT2D eigenvalue weighted by Gasteiger charge is -2.32. The molecule has 0 bridgehead atoms. The highest BCUT2D eigenvalue weighted by Crippen LogP contribution is 2.06. The first-order valence-electron chi connectivity index (χ1n) is 5.55. The van der Waals surface area contributed by atoms with Crippen molar-refractivity contribution in [2.45, 2.75) is 25.8 Å². The predicted molar refractivity (Wildman–Crippen MR) is 58.9 cm³/mol. The summed E-state index contributed by atoms with van der Waals surface area (Å²) in [6, 6.07) is 0.316. The van der Waals surface area contributed by atoms with Crippen LogP contribution in [0.15, 0.2) is 5.10 Å². The van der Waals surface area contributed by atoms with Crippen LogP contribution in [0.4, 0.5) is 0 Å². The Bertz CT molecular complexity index is 340. The first-order valence-corrected chi connectivity index (χ1v) is 5.55. The van der Waals surface area contributed by atoms with Gasteiger partial charge in [0.1, 0.15) is 5.71 Å². The van der Waals surface area contributed by atoms with Gasteiger partial charge in [-0.25, -0.2) is 5.43 Å². The maximum Gasteiger partial charge on any atom is 0.270 e. The van der Waals surface area contributed by atoms with Crippen molar-refractivity contribution in [1.82, 2.24) is 15.6 Å². The molecular formula is C10H16N4O2. The van der Waals surface area contributed by atoms with Gasteiger partial charge >= 0.3 is 0 Å². The molecular weight excluding hydrogens is 208 g/mol. The fourth-order valence-corrected chi connectivity index (χ4v) is 1.93. The second-order valence-electron chi connectivity index (χ2n) is 4.20. The number of carbonyl (C=O) groups excluding carboxylic acids is 2. The summed E-state index contributed by atoms with van der Waals surface area (Å²) >= 11 is 0. The van der Waals surface area contributed by atoms with Crippen LogP contribution < -0.4 is 10.7 Å². The summed E-state index contributed by atoms with van der Waals surface area (Å²) in [5.74, 6) is -0.168. The summed E-state index contributed by atoms with van der Waals surface area (Å²) in [5, 5.41) is 7.09. The minimum absolute atomic E-state index is 0.0478. The van der Waals surface area contributed by atoms with E-state index in [-0.39, 0.29) is 11.8 Å². The van der Waals surface area contributed by atoms with E-state index in [2.05, 4.69) is 15.8 Å². The smallest absolute Gasteiger partial charge is 0.270 e. The maximum absolute atomic E-state index is 12.0. The summed E-state index contributed by atoms with van der Waals surface area (Å²) in [4.78, 5) is 24.7. The van der Waals surface area contributed by atoms with Crippen LogP contribution in [0.2, 0.25) is 0 Å². The summed E-state index contributed by atoms with van der Waals surface area (Å²) in [6.07, 6.45) is 0.801. The van der Waals surface area contributed by atoms with E-state index in [0.29, 0.717) is 37.7 Å². The molecule has 16 heavy (non-hydrogen) atoms. The number of hydrogen-bond donors (Lipinski definition) is 2. The van der Waals surface area contributed by atoms with Crippen molar-refractivity contribution in [2.75, 3.05) is 19.6 Å². The van der Waals surface area contributed by atoms with E-state index in [1.807, 2.05) is 6.92 Å². The monoisotopic (exact) mass is 224 g/mol. The first-order chi connectivity index (χ1) is 7.66. The van der Waals surface area contributed by atoms with Crippen LogP contribution in [0.25, 0.3) is 0 Å². The summed E-state index contributed by atoms with van der Waals surface area (Å²) in [7, 11) is 0. The fourth-order valence-electron chi connectivity index (χ4n) is 1.93. The molecule has 0 aromatic heterocycles. The number of nitrogens with one attached hydrogen (secondary N) is 2. The van der Waals surface area contributed by atoms with Crippen LogP contribution in [-0.2, 0) is 9.59 Å². The molecule has 2 heterocycles. The van der Waals surface area contributed by atoms with Gasteiger partial charge in [-0.05, 0) is 6.92 Å². The number of hydrazone groups is 1.